The minimum absolute atomic E-state index is 0.140. The first-order chi connectivity index (χ1) is 8.83. The highest BCUT2D eigenvalue weighted by molar-refractivity contribution is 5.84. The van der Waals surface area contributed by atoms with Crippen LogP contribution >= 0.6 is 0 Å². The molecule has 0 radical (unpaired) electrons. The Labute approximate surface area is 108 Å². The van der Waals surface area contributed by atoms with Crippen molar-refractivity contribution in [2.24, 2.45) is 11.8 Å². The summed E-state index contributed by atoms with van der Waals surface area (Å²) in [6.45, 7) is 0. The zero-order chi connectivity index (χ0) is 12.4. The number of hydrogen-bond acceptors (Lipinski definition) is 2. The summed E-state index contributed by atoms with van der Waals surface area (Å²) in [5.74, 6) is 1.42. The fourth-order valence-corrected chi connectivity index (χ4v) is 3.46. The number of benzene rings is 1. The number of nitrogens with one attached hydrogen (secondary N) is 1. The van der Waals surface area contributed by atoms with Gasteiger partial charge in [-0.1, -0.05) is 31.0 Å². The molecule has 0 bridgehead atoms. The maximum absolute atomic E-state index is 11.8. The average molecular weight is 245 g/mol. The molecular weight excluding hydrogens is 226 g/mol. The highest BCUT2D eigenvalue weighted by atomic mass is 16.6. The van der Waals surface area contributed by atoms with Crippen LogP contribution in [0.3, 0.4) is 0 Å². The van der Waals surface area contributed by atoms with E-state index in [0.29, 0.717) is 5.92 Å². The minimum Gasteiger partial charge on any atom is -0.446 e. The van der Waals surface area contributed by atoms with E-state index in [0.717, 1.165) is 18.0 Å². The average Bonchev–Trinajstić information content (AvgIpc) is 2.95. The van der Waals surface area contributed by atoms with Crippen LogP contribution in [0.2, 0.25) is 0 Å². The molecule has 2 saturated carbocycles. The molecule has 0 aliphatic heterocycles. The van der Waals surface area contributed by atoms with Crippen LogP contribution in [0.15, 0.2) is 30.3 Å². The minimum atomic E-state index is -0.307. The smallest absolute Gasteiger partial charge is 0.411 e. The van der Waals surface area contributed by atoms with Gasteiger partial charge in [-0.2, -0.15) is 0 Å². The van der Waals surface area contributed by atoms with Gasteiger partial charge in [0.2, 0.25) is 0 Å². The molecule has 1 amide bonds. The number of ether oxygens (including phenoxy) is 1. The van der Waals surface area contributed by atoms with Gasteiger partial charge in [0.1, 0.15) is 6.10 Å². The maximum atomic E-state index is 11.8. The molecule has 18 heavy (non-hydrogen) atoms. The van der Waals surface area contributed by atoms with Gasteiger partial charge in [-0.05, 0) is 43.2 Å². The van der Waals surface area contributed by atoms with Crippen LogP contribution < -0.4 is 5.32 Å². The molecule has 3 nitrogen and oxygen atoms in total. The largest absolute Gasteiger partial charge is 0.446 e. The fraction of sp³-hybridized carbons (Fsp3) is 0.533. The van der Waals surface area contributed by atoms with Gasteiger partial charge in [-0.3, -0.25) is 5.32 Å². The number of rotatable bonds is 2. The van der Waals surface area contributed by atoms with Crippen LogP contribution in [0.25, 0.3) is 0 Å². The Morgan fingerprint density at radius 2 is 1.94 bits per heavy atom. The zero-order valence-electron chi connectivity index (χ0n) is 10.5. The van der Waals surface area contributed by atoms with Crippen molar-refractivity contribution in [2.75, 3.05) is 5.32 Å². The summed E-state index contributed by atoms with van der Waals surface area (Å²) in [4.78, 5) is 11.8. The monoisotopic (exact) mass is 245 g/mol. The first kappa shape index (κ1) is 11.6. The lowest BCUT2D eigenvalue weighted by molar-refractivity contribution is 0.0835. The van der Waals surface area contributed by atoms with Crippen LogP contribution in [-0.2, 0) is 4.74 Å². The molecule has 2 aliphatic rings. The highest BCUT2D eigenvalue weighted by Gasteiger charge is 2.41. The molecule has 1 aromatic rings. The SMILES string of the molecule is O=C(Nc1ccccc1)O[C@H]1CC[C@H]2CCC[C@@H]21. The van der Waals surface area contributed by atoms with Crippen LogP contribution in [0, 0.1) is 11.8 Å². The first-order valence-electron chi connectivity index (χ1n) is 6.85. The quantitative estimate of drug-likeness (QED) is 0.860. The van der Waals surface area contributed by atoms with Gasteiger partial charge in [-0.15, -0.1) is 0 Å². The molecule has 2 fully saturated rings. The third-order valence-electron chi connectivity index (χ3n) is 4.30. The van der Waals surface area contributed by atoms with Gasteiger partial charge >= 0.3 is 6.09 Å². The molecule has 3 atom stereocenters. The van der Waals surface area contributed by atoms with Crippen molar-refractivity contribution < 1.29 is 9.53 Å². The number of amides is 1. The number of fused-ring (bicyclic) bond motifs is 1. The lowest BCUT2D eigenvalue weighted by atomic mass is 9.99. The standard InChI is InChI=1S/C15H19NO2/c17-15(16-12-6-2-1-3-7-12)18-14-10-9-11-5-4-8-13(11)14/h1-3,6-7,11,13-14H,4-5,8-10H2,(H,16,17)/t11-,13+,14+/m1/s1. The topological polar surface area (TPSA) is 38.3 Å². The van der Waals surface area contributed by atoms with Gasteiger partial charge < -0.3 is 4.74 Å². The number of hydrogen-bond donors (Lipinski definition) is 1. The molecule has 0 heterocycles. The van der Waals surface area contributed by atoms with E-state index in [4.69, 9.17) is 4.74 Å². The van der Waals surface area contributed by atoms with Crippen LogP contribution in [0.5, 0.6) is 0 Å². The summed E-state index contributed by atoms with van der Waals surface area (Å²) in [6, 6.07) is 9.47. The second kappa shape index (κ2) is 5.01. The Balaban J connectivity index is 1.55. The number of carbonyl (C=O) groups excluding carboxylic acids is 1. The van der Waals surface area contributed by atoms with Gasteiger partial charge in [0, 0.05) is 5.69 Å². The highest BCUT2D eigenvalue weighted by Crippen LogP contribution is 2.45. The Kier molecular flexibility index (Phi) is 3.22. The van der Waals surface area contributed by atoms with Gasteiger partial charge in [0.25, 0.3) is 0 Å². The Hall–Kier alpha value is -1.51. The summed E-state index contributed by atoms with van der Waals surface area (Å²) >= 11 is 0. The van der Waals surface area contributed by atoms with E-state index >= 15 is 0 Å². The van der Waals surface area contributed by atoms with Crippen molar-refractivity contribution >= 4 is 11.8 Å². The third kappa shape index (κ3) is 2.35. The van der Waals surface area contributed by atoms with E-state index in [9.17, 15) is 4.79 Å². The van der Waals surface area contributed by atoms with Gasteiger partial charge in [0.15, 0.2) is 0 Å². The predicted octanol–water partition coefficient (Wildman–Crippen LogP) is 3.81. The van der Waals surface area contributed by atoms with E-state index in [1.54, 1.807) is 0 Å². The number of carbonyl (C=O) groups is 1. The van der Waals surface area contributed by atoms with Crippen molar-refractivity contribution in [3.8, 4) is 0 Å². The fourth-order valence-electron chi connectivity index (χ4n) is 3.46. The summed E-state index contributed by atoms with van der Waals surface area (Å²) in [7, 11) is 0. The van der Waals surface area contributed by atoms with Crippen molar-refractivity contribution in [1.82, 2.24) is 0 Å². The second-order valence-corrected chi connectivity index (χ2v) is 5.37. The van der Waals surface area contributed by atoms with Crippen LogP contribution in [-0.4, -0.2) is 12.2 Å². The molecule has 0 unspecified atom stereocenters. The second-order valence-electron chi connectivity index (χ2n) is 5.37. The maximum Gasteiger partial charge on any atom is 0.411 e. The normalized spacial score (nSPS) is 29.9. The van der Waals surface area contributed by atoms with Crippen molar-refractivity contribution in [3.63, 3.8) is 0 Å². The summed E-state index contributed by atoms with van der Waals surface area (Å²) in [6.07, 6.45) is 5.96. The van der Waals surface area contributed by atoms with Gasteiger partial charge in [-0.25, -0.2) is 4.79 Å². The molecule has 96 valence electrons. The number of para-hydroxylation sites is 1. The van der Waals surface area contributed by atoms with Crippen molar-refractivity contribution in [1.29, 1.82) is 0 Å². The Morgan fingerprint density at radius 3 is 2.78 bits per heavy atom. The molecule has 0 aromatic heterocycles. The van der Waals surface area contributed by atoms with Gasteiger partial charge in [0.05, 0.1) is 0 Å². The van der Waals surface area contributed by atoms with Crippen LogP contribution in [0.4, 0.5) is 10.5 Å². The third-order valence-corrected chi connectivity index (χ3v) is 4.30. The lowest BCUT2D eigenvalue weighted by Crippen LogP contribution is -2.25. The predicted molar refractivity (Wildman–Crippen MR) is 70.4 cm³/mol. The van der Waals surface area contributed by atoms with E-state index in [1.165, 1.54) is 25.7 Å². The molecule has 1 N–H and O–H groups in total. The van der Waals surface area contributed by atoms with E-state index in [2.05, 4.69) is 5.32 Å². The van der Waals surface area contributed by atoms with Crippen molar-refractivity contribution in [3.05, 3.63) is 30.3 Å². The molecule has 2 aliphatic carbocycles. The van der Waals surface area contributed by atoms with E-state index in [-0.39, 0.29) is 12.2 Å². The lowest BCUT2D eigenvalue weighted by Gasteiger charge is -2.19. The molecule has 1 aromatic carbocycles. The summed E-state index contributed by atoms with van der Waals surface area (Å²) in [5, 5.41) is 2.79. The molecule has 0 spiro atoms. The zero-order valence-corrected chi connectivity index (χ0v) is 10.5. The first-order valence-corrected chi connectivity index (χ1v) is 6.85. The number of anilines is 1. The molecule has 3 heteroatoms. The van der Waals surface area contributed by atoms with E-state index < -0.39 is 0 Å². The Morgan fingerprint density at radius 1 is 1.11 bits per heavy atom. The van der Waals surface area contributed by atoms with Crippen molar-refractivity contribution in [2.45, 2.75) is 38.2 Å². The van der Waals surface area contributed by atoms with E-state index in [1.807, 2.05) is 30.3 Å². The molecule has 3 rings (SSSR count). The molecular formula is C15H19NO2. The van der Waals surface area contributed by atoms with Crippen LogP contribution in [0.1, 0.15) is 32.1 Å². The Bertz CT molecular complexity index is 418. The summed E-state index contributed by atoms with van der Waals surface area (Å²) < 4.78 is 5.58. The summed E-state index contributed by atoms with van der Waals surface area (Å²) in [5.41, 5.74) is 0.795. The molecule has 0 saturated heterocycles.